The van der Waals surface area contributed by atoms with Crippen molar-refractivity contribution in [3.8, 4) is 0 Å². The Balaban J connectivity index is 1.91. The van der Waals surface area contributed by atoms with Crippen molar-refractivity contribution in [1.82, 2.24) is 10.2 Å². The number of likely N-dealkylation sites (N-methyl/N-ethyl adjacent to an activating group) is 1. The van der Waals surface area contributed by atoms with E-state index >= 15 is 0 Å². The summed E-state index contributed by atoms with van der Waals surface area (Å²) in [4.78, 5) is 14.0. The third-order valence-corrected chi connectivity index (χ3v) is 3.91. The van der Waals surface area contributed by atoms with E-state index in [9.17, 15) is 9.18 Å². The lowest BCUT2D eigenvalue weighted by atomic mass is 10.0. The van der Waals surface area contributed by atoms with Gasteiger partial charge in [0.1, 0.15) is 5.82 Å². The highest BCUT2D eigenvalue weighted by atomic mass is 19.1. The summed E-state index contributed by atoms with van der Waals surface area (Å²) in [6, 6.07) is 6.52. The van der Waals surface area contributed by atoms with E-state index in [0.717, 1.165) is 18.4 Å². The van der Waals surface area contributed by atoms with E-state index in [1.165, 1.54) is 12.1 Å². The highest BCUT2D eigenvalue weighted by Crippen LogP contribution is 2.21. The molecule has 1 aromatic rings. The Morgan fingerprint density at radius 3 is 2.90 bits per heavy atom. The van der Waals surface area contributed by atoms with Crippen LogP contribution in [0.5, 0.6) is 0 Å². The molecule has 0 spiro atoms. The van der Waals surface area contributed by atoms with E-state index < -0.39 is 0 Å². The molecule has 0 fully saturated rings. The summed E-state index contributed by atoms with van der Waals surface area (Å²) in [5, 5.41) is 2.97. The average molecular weight is 290 g/mol. The van der Waals surface area contributed by atoms with E-state index in [1.807, 2.05) is 25.1 Å². The average Bonchev–Trinajstić information content (AvgIpc) is 2.91. The number of hydrogen-bond donors (Lipinski definition) is 1. The van der Waals surface area contributed by atoms with Crippen LogP contribution in [0.15, 0.2) is 36.4 Å². The van der Waals surface area contributed by atoms with Gasteiger partial charge in [0, 0.05) is 13.0 Å². The van der Waals surface area contributed by atoms with Gasteiger partial charge in [0.15, 0.2) is 0 Å². The fourth-order valence-corrected chi connectivity index (χ4v) is 2.70. The Morgan fingerprint density at radius 2 is 2.29 bits per heavy atom. The number of carbonyl (C=O) groups is 1. The van der Waals surface area contributed by atoms with Crippen molar-refractivity contribution in [2.24, 2.45) is 5.92 Å². The number of halogens is 1. The van der Waals surface area contributed by atoms with Gasteiger partial charge in [-0.2, -0.15) is 0 Å². The van der Waals surface area contributed by atoms with Crippen LogP contribution in [0, 0.1) is 11.7 Å². The van der Waals surface area contributed by atoms with E-state index in [1.54, 1.807) is 6.07 Å². The van der Waals surface area contributed by atoms with Crippen LogP contribution in [0.4, 0.5) is 4.39 Å². The van der Waals surface area contributed by atoms with Crippen LogP contribution in [-0.4, -0.2) is 31.4 Å². The monoisotopic (exact) mass is 290 g/mol. The minimum atomic E-state index is -0.248. The molecule has 0 saturated carbocycles. The molecule has 21 heavy (non-hydrogen) atoms. The first kappa shape index (κ1) is 15.7. The largest absolute Gasteiger partial charge is 0.354 e. The molecule has 1 amide bonds. The van der Waals surface area contributed by atoms with Gasteiger partial charge >= 0.3 is 0 Å². The number of carbonyl (C=O) groups excluding carboxylic acids is 1. The van der Waals surface area contributed by atoms with Gasteiger partial charge in [-0.05, 0) is 50.6 Å². The first-order valence-electron chi connectivity index (χ1n) is 7.41. The number of allylic oxidation sites excluding steroid dienone is 2. The summed E-state index contributed by atoms with van der Waals surface area (Å²) in [6.07, 6.45) is 6.93. The molecule has 3 nitrogen and oxygen atoms in total. The van der Waals surface area contributed by atoms with Crippen molar-refractivity contribution >= 4 is 5.91 Å². The number of rotatable bonds is 6. The van der Waals surface area contributed by atoms with Crippen molar-refractivity contribution < 1.29 is 9.18 Å². The maximum Gasteiger partial charge on any atom is 0.220 e. The quantitative estimate of drug-likeness (QED) is 0.817. The molecule has 0 aliphatic heterocycles. The predicted molar refractivity (Wildman–Crippen MR) is 82.3 cm³/mol. The topological polar surface area (TPSA) is 32.3 Å². The van der Waals surface area contributed by atoms with Gasteiger partial charge in [0.2, 0.25) is 5.91 Å². The smallest absolute Gasteiger partial charge is 0.220 e. The second kappa shape index (κ2) is 7.36. The number of nitrogens with one attached hydrogen (secondary N) is 1. The molecule has 0 saturated heterocycles. The van der Waals surface area contributed by atoms with Gasteiger partial charge in [0.05, 0.1) is 6.04 Å². The molecule has 0 radical (unpaired) electrons. The van der Waals surface area contributed by atoms with Gasteiger partial charge in [-0.3, -0.25) is 4.79 Å². The summed E-state index contributed by atoms with van der Waals surface area (Å²) in [5.41, 5.74) is 0.876. The summed E-state index contributed by atoms with van der Waals surface area (Å²) in [5.74, 6) is 0.188. The Morgan fingerprint density at radius 1 is 1.48 bits per heavy atom. The second-order valence-electron chi connectivity index (χ2n) is 5.81. The molecular formula is C17H23FN2O. The third kappa shape index (κ3) is 4.67. The lowest BCUT2D eigenvalue weighted by Gasteiger charge is -2.25. The second-order valence-corrected chi connectivity index (χ2v) is 5.81. The maximum atomic E-state index is 13.3. The first-order chi connectivity index (χ1) is 10.1. The highest BCUT2D eigenvalue weighted by Gasteiger charge is 2.18. The molecule has 0 aromatic heterocycles. The third-order valence-electron chi connectivity index (χ3n) is 3.91. The van der Waals surface area contributed by atoms with Crippen LogP contribution in [0.3, 0.4) is 0 Å². The van der Waals surface area contributed by atoms with Crippen LogP contribution in [-0.2, 0) is 4.79 Å². The van der Waals surface area contributed by atoms with Crippen LogP contribution >= 0.6 is 0 Å². The summed E-state index contributed by atoms with van der Waals surface area (Å²) >= 11 is 0. The first-order valence-corrected chi connectivity index (χ1v) is 7.41. The Labute approximate surface area is 125 Å². The standard InChI is InChI=1S/C17H23FN2O/c1-20(2)16(14-8-5-9-15(18)11-14)12-19-17(21)10-13-6-3-4-7-13/h3,5-6,8-9,11,13,16H,4,7,10,12H2,1-2H3,(H,19,21). The van der Waals surface area contributed by atoms with E-state index in [0.29, 0.717) is 18.9 Å². The van der Waals surface area contributed by atoms with Gasteiger partial charge in [0.25, 0.3) is 0 Å². The molecular weight excluding hydrogens is 267 g/mol. The molecule has 1 aliphatic rings. The fraction of sp³-hybridized carbons (Fsp3) is 0.471. The minimum absolute atomic E-state index is 0.0243. The zero-order valence-electron chi connectivity index (χ0n) is 12.7. The van der Waals surface area contributed by atoms with Crippen molar-refractivity contribution in [2.75, 3.05) is 20.6 Å². The number of benzene rings is 1. The lowest BCUT2D eigenvalue weighted by Crippen LogP contribution is -2.35. The fourth-order valence-electron chi connectivity index (χ4n) is 2.70. The molecule has 2 unspecified atom stereocenters. The SMILES string of the molecule is CN(C)C(CNC(=O)CC1C=CCC1)c1cccc(F)c1. The van der Waals surface area contributed by atoms with Gasteiger partial charge < -0.3 is 10.2 Å². The number of nitrogens with zero attached hydrogens (tertiary/aromatic N) is 1. The Hall–Kier alpha value is -1.68. The van der Waals surface area contributed by atoms with Gasteiger partial charge in [-0.1, -0.05) is 24.3 Å². The van der Waals surface area contributed by atoms with Crippen molar-refractivity contribution in [3.05, 3.63) is 47.8 Å². The molecule has 0 bridgehead atoms. The molecule has 1 aliphatic carbocycles. The number of hydrogen-bond acceptors (Lipinski definition) is 2. The zero-order chi connectivity index (χ0) is 15.2. The van der Waals surface area contributed by atoms with Crippen LogP contribution in [0.25, 0.3) is 0 Å². The van der Waals surface area contributed by atoms with Gasteiger partial charge in [-0.25, -0.2) is 4.39 Å². The van der Waals surface area contributed by atoms with E-state index in [2.05, 4.69) is 17.5 Å². The predicted octanol–water partition coefficient (Wildman–Crippen LogP) is 2.90. The molecule has 1 N–H and O–H groups in total. The van der Waals surface area contributed by atoms with E-state index in [-0.39, 0.29) is 17.8 Å². The summed E-state index contributed by atoms with van der Waals surface area (Å²) in [7, 11) is 3.86. The molecule has 2 rings (SSSR count). The molecule has 114 valence electrons. The molecule has 2 atom stereocenters. The number of amides is 1. The van der Waals surface area contributed by atoms with Gasteiger partial charge in [-0.15, -0.1) is 0 Å². The van der Waals surface area contributed by atoms with E-state index in [4.69, 9.17) is 0 Å². The zero-order valence-corrected chi connectivity index (χ0v) is 12.7. The summed E-state index contributed by atoms with van der Waals surface area (Å²) < 4.78 is 13.3. The van der Waals surface area contributed by atoms with Crippen LogP contribution in [0.1, 0.15) is 30.9 Å². The van der Waals surface area contributed by atoms with Crippen molar-refractivity contribution in [1.29, 1.82) is 0 Å². The summed E-state index contributed by atoms with van der Waals surface area (Å²) in [6.45, 7) is 0.492. The van der Waals surface area contributed by atoms with Crippen LogP contribution in [0.2, 0.25) is 0 Å². The van der Waals surface area contributed by atoms with Crippen molar-refractivity contribution in [3.63, 3.8) is 0 Å². The highest BCUT2D eigenvalue weighted by molar-refractivity contribution is 5.76. The molecule has 0 heterocycles. The maximum absolute atomic E-state index is 13.3. The lowest BCUT2D eigenvalue weighted by molar-refractivity contribution is -0.121. The van der Waals surface area contributed by atoms with Crippen LogP contribution < -0.4 is 5.32 Å². The molecule has 1 aromatic carbocycles. The Kier molecular flexibility index (Phi) is 5.51. The minimum Gasteiger partial charge on any atom is -0.354 e. The van der Waals surface area contributed by atoms with Crippen molar-refractivity contribution in [2.45, 2.75) is 25.3 Å². The molecule has 4 heteroatoms. The Bertz CT molecular complexity index is 513. The normalized spacial score (nSPS) is 19.0.